The molecule has 0 bridgehead atoms. The topological polar surface area (TPSA) is 56.2 Å². The van der Waals surface area contributed by atoms with Crippen LogP contribution in [0.4, 0.5) is 0 Å². The van der Waals surface area contributed by atoms with Gasteiger partial charge in [0.15, 0.2) is 0 Å². The van der Waals surface area contributed by atoms with Crippen LogP contribution in [0.25, 0.3) is 17.4 Å². The van der Waals surface area contributed by atoms with Gasteiger partial charge >= 0.3 is 0 Å². The van der Waals surface area contributed by atoms with Crippen molar-refractivity contribution in [3.8, 4) is 11.3 Å². The number of halogens is 3. The number of primary amides is 1. The SMILES string of the molecule is NC(=O)/C=C/c1ccc(-c2cc(Cl)c(Br)cc2Cl)o1. The van der Waals surface area contributed by atoms with Crippen LogP contribution in [0.1, 0.15) is 5.76 Å². The van der Waals surface area contributed by atoms with Crippen LogP contribution in [0.2, 0.25) is 10.0 Å². The van der Waals surface area contributed by atoms with Crippen molar-refractivity contribution < 1.29 is 9.21 Å². The summed E-state index contributed by atoms with van der Waals surface area (Å²) < 4.78 is 6.25. The third-order valence-electron chi connectivity index (χ3n) is 2.31. The molecule has 3 nitrogen and oxygen atoms in total. The molecule has 0 unspecified atom stereocenters. The highest BCUT2D eigenvalue weighted by molar-refractivity contribution is 9.10. The van der Waals surface area contributed by atoms with Crippen molar-refractivity contribution in [3.63, 3.8) is 0 Å². The molecular formula is C13H8BrCl2NO2. The number of hydrogen-bond donors (Lipinski definition) is 1. The molecule has 0 aliphatic rings. The Morgan fingerprint density at radius 3 is 2.68 bits per heavy atom. The molecule has 2 aromatic rings. The van der Waals surface area contributed by atoms with Crippen molar-refractivity contribution >= 4 is 51.1 Å². The molecule has 2 rings (SSSR count). The Hall–Kier alpha value is -1.23. The average molecular weight is 361 g/mol. The van der Waals surface area contributed by atoms with Crippen molar-refractivity contribution in [1.29, 1.82) is 0 Å². The molecule has 0 spiro atoms. The smallest absolute Gasteiger partial charge is 0.241 e. The number of nitrogens with two attached hydrogens (primary N) is 1. The van der Waals surface area contributed by atoms with Gasteiger partial charge in [-0.2, -0.15) is 0 Å². The normalized spacial score (nSPS) is 11.1. The van der Waals surface area contributed by atoms with Crippen molar-refractivity contribution in [2.24, 2.45) is 5.73 Å². The Labute approximate surface area is 128 Å². The van der Waals surface area contributed by atoms with Gasteiger partial charge in [-0.3, -0.25) is 4.79 Å². The highest BCUT2D eigenvalue weighted by atomic mass is 79.9. The molecule has 1 heterocycles. The summed E-state index contributed by atoms with van der Waals surface area (Å²) in [6.07, 6.45) is 2.71. The van der Waals surface area contributed by atoms with Gasteiger partial charge in [-0.25, -0.2) is 0 Å². The summed E-state index contributed by atoms with van der Waals surface area (Å²) in [7, 11) is 0. The van der Waals surface area contributed by atoms with Crippen molar-refractivity contribution in [3.05, 3.63) is 50.6 Å². The number of amides is 1. The van der Waals surface area contributed by atoms with Crippen LogP contribution in [0.15, 0.2) is 39.2 Å². The van der Waals surface area contributed by atoms with Crippen molar-refractivity contribution in [2.45, 2.75) is 0 Å². The van der Waals surface area contributed by atoms with E-state index in [1.54, 1.807) is 24.3 Å². The predicted octanol–water partition coefficient (Wildman–Crippen LogP) is 4.51. The van der Waals surface area contributed by atoms with Gasteiger partial charge in [-0.15, -0.1) is 0 Å². The van der Waals surface area contributed by atoms with Crippen LogP contribution in [0, 0.1) is 0 Å². The summed E-state index contributed by atoms with van der Waals surface area (Å²) >= 11 is 15.4. The van der Waals surface area contributed by atoms with Gasteiger partial charge < -0.3 is 10.2 Å². The molecule has 0 saturated heterocycles. The summed E-state index contributed by atoms with van der Waals surface area (Å²) in [5, 5.41) is 1.04. The van der Waals surface area contributed by atoms with Crippen LogP contribution in [0.5, 0.6) is 0 Å². The molecule has 0 fully saturated rings. The van der Waals surface area contributed by atoms with E-state index in [1.807, 2.05) is 0 Å². The quantitative estimate of drug-likeness (QED) is 0.646. The highest BCUT2D eigenvalue weighted by Crippen LogP contribution is 2.36. The molecule has 0 aliphatic carbocycles. The standard InChI is InChI=1S/C13H8BrCl2NO2/c14-9-6-10(15)8(5-11(9)16)12-3-1-7(19-12)2-4-13(17)18/h1-6H,(H2,17,18)/b4-2+. The summed E-state index contributed by atoms with van der Waals surface area (Å²) in [5.41, 5.74) is 5.68. The lowest BCUT2D eigenvalue weighted by molar-refractivity contribution is -0.113. The molecule has 19 heavy (non-hydrogen) atoms. The number of rotatable bonds is 3. The fourth-order valence-corrected chi connectivity index (χ4v) is 2.36. The number of furan rings is 1. The molecule has 0 aliphatic heterocycles. The lowest BCUT2D eigenvalue weighted by atomic mass is 10.2. The number of carbonyl (C=O) groups is 1. The van der Waals surface area contributed by atoms with E-state index in [2.05, 4.69) is 15.9 Å². The van der Waals surface area contributed by atoms with E-state index in [0.717, 1.165) is 0 Å². The number of carbonyl (C=O) groups excluding carboxylic acids is 1. The Balaban J connectivity index is 2.38. The van der Waals surface area contributed by atoms with Gasteiger partial charge in [0.1, 0.15) is 11.5 Å². The van der Waals surface area contributed by atoms with Gasteiger partial charge in [-0.1, -0.05) is 23.2 Å². The summed E-state index contributed by atoms with van der Waals surface area (Å²) in [6.45, 7) is 0. The molecule has 0 atom stereocenters. The van der Waals surface area contributed by atoms with Gasteiger partial charge in [0.2, 0.25) is 5.91 Å². The summed E-state index contributed by atoms with van der Waals surface area (Å²) in [6, 6.07) is 6.85. The Bertz CT molecular complexity index is 665. The number of hydrogen-bond acceptors (Lipinski definition) is 2. The lowest BCUT2D eigenvalue weighted by Gasteiger charge is -2.03. The first-order valence-corrected chi connectivity index (χ1v) is 6.74. The third kappa shape index (κ3) is 3.41. The molecular weight excluding hydrogens is 353 g/mol. The predicted molar refractivity (Wildman–Crippen MR) is 80.1 cm³/mol. The Kier molecular flexibility index (Phi) is 4.34. The molecule has 98 valence electrons. The second-order valence-electron chi connectivity index (χ2n) is 3.68. The number of benzene rings is 1. The fourth-order valence-electron chi connectivity index (χ4n) is 1.46. The minimum Gasteiger partial charge on any atom is -0.457 e. The minimum absolute atomic E-state index is 0.504. The van der Waals surface area contributed by atoms with E-state index >= 15 is 0 Å². The molecule has 1 aromatic heterocycles. The van der Waals surface area contributed by atoms with Crippen LogP contribution in [-0.2, 0) is 4.79 Å². The van der Waals surface area contributed by atoms with Crippen LogP contribution in [0.3, 0.4) is 0 Å². The Morgan fingerprint density at radius 1 is 1.26 bits per heavy atom. The van der Waals surface area contributed by atoms with Crippen LogP contribution < -0.4 is 5.73 Å². The Morgan fingerprint density at radius 2 is 2.00 bits per heavy atom. The second-order valence-corrected chi connectivity index (χ2v) is 5.35. The molecule has 1 aromatic carbocycles. The molecule has 6 heteroatoms. The maximum absolute atomic E-state index is 10.6. The second kappa shape index (κ2) is 5.82. The van der Waals surface area contributed by atoms with Gasteiger partial charge in [0, 0.05) is 16.1 Å². The highest BCUT2D eigenvalue weighted by Gasteiger charge is 2.11. The zero-order chi connectivity index (χ0) is 14.0. The summed E-state index contributed by atoms with van der Waals surface area (Å²) in [4.78, 5) is 10.6. The first kappa shape index (κ1) is 14.2. The average Bonchev–Trinajstić information content (AvgIpc) is 2.80. The first-order valence-electron chi connectivity index (χ1n) is 5.19. The van der Waals surface area contributed by atoms with Gasteiger partial charge in [-0.05, 0) is 46.3 Å². The van der Waals surface area contributed by atoms with Crippen LogP contribution >= 0.6 is 39.1 Å². The van der Waals surface area contributed by atoms with Gasteiger partial charge in [0.05, 0.1) is 10.0 Å². The van der Waals surface area contributed by atoms with Crippen molar-refractivity contribution in [2.75, 3.05) is 0 Å². The first-order chi connectivity index (χ1) is 8.97. The largest absolute Gasteiger partial charge is 0.457 e. The maximum atomic E-state index is 10.6. The van der Waals surface area contributed by atoms with E-state index in [-0.39, 0.29) is 0 Å². The van der Waals surface area contributed by atoms with E-state index in [4.69, 9.17) is 33.4 Å². The van der Waals surface area contributed by atoms with E-state index < -0.39 is 5.91 Å². The van der Waals surface area contributed by atoms with Gasteiger partial charge in [0.25, 0.3) is 0 Å². The maximum Gasteiger partial charge on any atom is 0.241 e. The zero-order valence-electron chi connectivity index (χ0n) is 9.49. The third-order valence-corrected chi connectivity index (χ3v) is 3.82. The molecule has 1 amide bonds. The molecule has 2 N–H and O–H groups in total. The zero-order valence-corrected chi connectivity index (χ0v) is 12.6. The van der Waals surface area contributed by atoms with Crippen LogP contribution in [-0.4, -0.2) is 5.91 Å². The molecule has 0 radical (unpaired) electrons. The van der Waals surface area contributed by atoms with Crippen molar-refractivity contribution in [1.82, 2.24) is 0 Å². The molecule has 0 saturated carbocycles. The van der Waals surface area contributed by atoms with E-state index in [1.165, 1.54) is 12.2 Å². The monoisotopic (exact) mass is 359 g/mol. The lowest BCUT2D eigenvalue weighted by Crippen LogP contribution is -2.04. The van der Waals surface area contributed by atoms with E-state index in [9.17, 15) is 4.79 Å². The van der Waals surface area contributed by atoms with E-state index in [0.29, 0.717) is 31.6 Å². The summed E-state index contributed by atoms with van der Waals surface area (Å²) in [5.74, 6) is 0.523. The minimum atomic E-state index is -0.539. The fraction of sp³-hybridized carbons (Fsp3) is 0.